The summed E-state index contributed by atoms with van der Waals surface area (Å²) in [6, 6.07) is 4.67. The monoisotopic (exact) mass is 381 g/mol. The van der Waals surface area contributed by atoms with Gasteiger partial charge in [-0.05, 0) is 18.2 Å². The van der Waals surface area contributed by atoms with Gasteiger partial charge in [0.05, 0.1) is 11.1 Å². The molecule has 0 atom stereocenters. The third-order valence-corrected chi connectivity index (χ3v) is 3.82. The molecule has 0 unspecified atom stereocenters. The number of hydrogen-bond acceptors (Lipinski definition) is 3. The lowest BCUT2D eigenvalue weighted by Gasteiger charge is -2.04. The van der Waals surface area contributed by atoms with Crippen molar-refractivity contribution in [1.82, 2.24) is 24.3 Å². The zero-order valence-electron chi connectivity index (χ0n) is 11.3. The Morgan fingerprint density at radius 3 is 2.78 bits per heavy atom. The molecule has 1 N–H and O–H groups in total. The highest BCUT2D eigenvalue weighted by atomic mass is 79.9. The quantitative estimate of drug-likeness (QED) is 0.540. The van der Waals surface area contributed by atoms with E-state index in [1.54, 1.807) is 10.6 Å². The van der Waals surface area contributed by atoms with Gasteiger partial charge in [-0.3, -0.25) is 0 Å². The summed E-state index contributed by atoms with van der Waals surface area (Å²) in [5, 5.41) is 0. The van der Waals surface area contributed by atoms with Gasteiger partial charge in [-0.15, -0.1) is 0 Å². The highest BCUT2D eigenvalue weighted by molar-refractivity contribution is 9.10. The fourth-order valence-electron chi connectivity index (χ4n) is 2.25. The number of nitrogens with one attached hydrogen (secondary N) is 1. The molecule has 0 bridgehead atoms. The van der Waals surface area contributed by atoms with Crippen LogP contribution in [0.3, 0.4) is 0 Å². The van der Waals surface area contributed by atoms with Crippen LogP contribution in [-0.2, 0) is 6.18 Å². The molecule has 0 spiro atoms. The Morgan fingerprint density at radius 1 is 1.17 bits per heavy atom. The highest BCUT2D eigenvalue weighted by Crippen LogP contribution is 2.30. The standard InChI is InChI=1S/C14H7BrF3N5/c15-8-1-2-23-6-10(20-11(23)4-8)13-21-9-3-7(14(16,17)18)5-19-12(9)22-13/h1-6H,(H,19,21,22). The molecular weight excluding hydrogens is 375 g/mol. The zero-order chi connectivity index (χ0) is 16.2. The number of nitrogens with zero attached hydrogens (tertiary/aromatic N) is 4. The molecule has 9 heteroatoms. The summed E-state index contributed by atoms with van der Waals surface area (Å²) in [4.78, 5) is 15.2. The van der Waals surface area contributed by atoms with Crippen LogP contribution in [0.15, 0.2) is 41.3 Å². The maximum atomic E-state index is 12.7. The van der Waals surface area contributed by atoms with Gasteiger partial charge >= 0.3 is 6.18 Å². The minimum Gasteiger partial charge on any atom is -0.335 e. The van der Waals surface area contributed by atoms with E-state index in [9.17, 15) is 13.2 Å². The average Bonchev–Trinajstić information content (AvgIpc) is 3.08. The average molecular weight is 382 g/mol. The van der Waals surface area contributed by atoms with E-state index >= 15 is 0 Å². The third kappa shape index (κ3) is 2.46. The topological polar surface area (TPSA) is 58.9 Å². The predicted molar refractivity (Wildman–Crippen MR) is 80.8 cm³/mol. The zero-order valence-corrected chi connectivity index (χ0v) is 12.9. The number of H-pyrrole nitrogens is 1. The Labute approximate surface area is 135 Å². The van der Waals surface area contributed by atoms with E-state index in [0.29, 0.717) is 17.2 Å². The van der Waals surface area contributed by atoms with Crippen LogP contribution in [0.2, 0.25) is 0 Å². The molecule has 0 aliphatic carbocycles. The van der Waals surface area contributed by atoms with E-state index in [1.807, 2.05) is 18.3 Å². The molecule has 4 aromatic heterocycles. The van der Waals surface area contributed by atoms with Crippen molar-refractivity contribution in [1.29, 1.82) is 0 Å². The smallest absolute Gasteiger partial charge is 0.335 e. The summed E-state index contributed by atoms with van der Waals surface area (Å²) in [6.45, 7) is 0. The lowest BCUT2D eigenvalue weighted by molar-refractivity contribution is -0.137. The van der Waals surface area contributed by atoms with Crippen LogP contribution < -0.4 is 0 Å². The van der Waals surface area contributed by atoms with E-state index in [4.69, 9.17) is 0 Å². The SMILES string of the molecule is FC(F)(F)c1cnc2nc(-c3cn4ccc(Br)cc4n3)[nH]c2c1. The summed E-state index contributed by atoms with van der Waals surface area (Å²) >= 11 is 3.36. The number of pyridine rings is 2. The van der Waals surface area contributed by atoms with E-state index < -0.39 is 11.7 Å². The second kappa shape index (κ2) is 4.79. The van der Waals surface area contributed by atoms with Gasteiger partial charge in [-0.2, -0.15) is 13.2 Å². The first-order valence-electron chi connectivity index (χ1n) is 6.48. The molecule has 0 aliphatic rings. The van der Waals surface area contributed by atoms with Gasteiger partial charge < -0.3 is 9.38 Å². The molecule has 4 aromatic rings. The number of alkyl halides is 3. The Hall–Kier alpha value is -2.42. The van der Waals surface area contributed by atoms with Crippen LogP contribution in [0, 0.1) is 0 Å². The normalized spacial score (nSPS) is 12.3. The number of imidazole rings is 2. The fraction of sp³-hybridized carbons (Fsp3) is 0.0714. The predicted octanol–water partition coefficient (Wildman–Crippen LogP) is 4.05. The van der Waals surface area contributed by atoms with Gasteiger partial charge in [0.25, 0.3) is 0 Å². The van der Waals surface area contributed by atoms with Crippen molar-refractivity contribution in [3.63, 3.8) is 0 Å². The number of aromatic amines is 1. The summed E-state index contributed by atoms with van der Waals surface area (Å²) in [5.74, 6) is 0.367. The number of halogens is 4. The molecule has 116 valence electrons. The van der Waals surface area contributed by atoms with E-state index in [0.717, 1.165) is 16.7 Å². The molecule has 0 aliphatic heterocycles. The van der Waals surface area contributed by atoms with Crippen molar-refractivity contribution in [3.05, 3.63) is 46.8 Å². The molecule has 4 heterocycles. The molecule has 5 nitrogen and oxygen atoms in total. The Bertz CT molecular complexity index is 1030. The second-order valence-electron chi connectivity index (χ2n) is 4.91. The minimum absolute atomic E-state index is 0.214. The van der Waals surface area contributed by atoms with Crippen molar-refractivity contribution in [2.24, 2.45) is 0 Å². The van der Waals surface area contributed by atoms with Crippen LogP contribution in [0.25, 0.3) is 28.3 Å². The lowest BCUT2D eigenvalue weighted by atomic mass is 10.2. The number of aromatic nitrogens is 5. The van der Waals surface area contributed by atoms with Crippen molar-refractivity contribution < 1.29 is 13.2 Å². The molecule has 0 radical (unpaired) electrons. The number of rotatable bonds is 1. The van der Waals surface area contributed by atoms with Gasteiger partial charge in [0, 0.05) is 23.1 Å². The van der Waals surface area contributed by atoms with Crippen molar-refractivity contribution in [2.75, 3.05) is 0 Å². The van der Waals surface area contributed by atoms with Crippen LogP contribution >= 0.6 is 15.9 Å². The van der Waals surface area contributed by atoms with Gasteiger partial charge in [0.15, 0.2) is 11.5 Å². The number of fused-ring (bicyclic) bond motifs is 2. The first-order chi connectivity index (χ1) is 10.9. The maximum Gasteiger partial charge on any atom is 0.417 e. The van der Waals surface area contributed by atoms with Gasteiger partial charge in [-0.25, -0.2) is 15.0 Å². The first-order valence-corrected chi connectivity index (χ1v) is 7.27. The Kier molecular flexibility index (Phi) is 2.95. The second-order valence-corrected chi connectivity index (χ2v) is 5.83. The molecule has 0 saturated heterocycles. The van der Waals surface area contributed by atoms with Gasteiger partial charge in [0.1, 0.15) is 11.3 Å². The summed E-state index contributed by atoms with van der Waals surface area (Å²) in [6.07, 6.45) is -0.113. The van der Waals surface area contributed by atoms with Gasteiger partial charge in [0.2, 0.25) is 0 Å². The summed E-state index contributed by atoms with van der Waals surface area (Å²) in [5.41, 5.74) is 0.826. The van der Waals surface area contributed by atoms with Gasteiger partial charge in [-0.1, -0.05) is 15.9 Å². The first kappa shape index (κ1) is 14.2. The lowest BCUT2D eigenvalue weighted by Crippen LogP contribution is -2.05. The molecule has 0 amide bonds. The molecule has 4 rings (SSSR count). The molecule has 0 fully saturated rings. The van der Waals surface area contributed by atoms with E-state index in [1.165, 1.54) is 0 Å². The van der Waals surface area contributed by atoms with E-state index in [-0.39, 0.29) is 11.2 Å². The minimum atomic E-state index is -4.44. The molecule has 23 heavy (non-hydrogen) atoms. The molecular formula is C14H7BrF3N5. The van der Waals surface area contributed by atoms with Crippen molar-refractivity contribution >= 4 is 32.7 Å². The van der Waals surface area contributed by atoms with Crippen LogP contribution in [0.5, 0.6) is 0 Å². The van der Waals surface area contributed by atoms with Crippen molar-refractivity contribution in [3.8, 4) is 11.5 Å². The fourth-order valence-corrected chi connectivity index (χ4v) is 2.57. The number of hydrogen-bond donors (Lipinski definition) is 1. The molecule has 0 saturated carbocycles. The summed E-state index contributed by atoms with van der Waals surface area (Å²) in [7, 11) is 0. The van der Waals surface area contributed by atoms with Crippen LogP contribution in [-0.4, -0.2) is 24.3 Å². The van der Waals surface area contributed by atoms with Crippen molar-refractivity contribution in [2.45, 2.75) is 6.18 Å². The third-order valence-electron chi connectivity index (χ3n) is 3.33. The maximum absolute atomic E-state index is 12.7. The summed E-state index contributed by atoms with van der Waals surface area (Å²) < 4.78 is 40.9. The highest BCUT2D eigenvalue weighted by Gasteiger charge is 2.31. The van der Waals surface area contributed by atoms with Crippen LogP contribution in [0.1, 0.15) is 5.56 Å². The molecule has 0 aromatic carbocycles. The largest absolute Gasteiger partial charge is 0.417 e. The Balaban J connectivity index is 1.84. The Morgan fingerprint density at radius 2 is 2.00 bits per heavy atom. The van der Waals surface area contributed by atoms with E-state index in [2.05, 4.69) is 35.9 Å². The van der Waals surface area contributed by atoms with Crippen LogP contribution in [0.4, 0.5) is 13.2 Å².